The number of nitro groups is 1. The molecular weight excluding hydrogens is 256 g/mol. The average Bonchev–Trinajstić information content (AvgIpc) is 2.38. The lowest BCUT2D eigenvalue weighted by molar-refractivity contribution is -0.383. The van der Waals surface area contributed by atoms with Crippen LogP contribution in [0.1, 0.15) is 19.4 Å². The van der Waals surface area contributed by atoms with Crippen molar-refractivity contribution in [3.63, 3.8) is 0 Å². The second kappa shape index (κ2) is 5.30. The van der Waals surface area contributed by atoms with E-state index in [1.165, 1.54) is 6.07 Å². The van der Waals surface area contributed by atoms with Crippen molar-refractivity contribution >= 4 is 17.1 Å². The first-order valence-corrected chi connectivity index (χ1v) is 6.22. The summed E-state index contributed by atoms with van der Waals surface area (Å²) in [6.07, 6.45) is 0. The van der Waals surface area contributed by atoms with Gasteiger partial charge < -0.3 is 10.4 Å². The Hall–Kier alpha value is -2.40. The van der Waals surface area contributed by atoms with Crippen LogP contribution in [-0.2, 0) is 5.60 Å². The largest absolute Gasteiger partial charge is 0.386 e. The van der Waals surface area contributed by atoms with Crippen LogP contribution in [-0.4, -0.2) is 10.0 Å². The van der Waals surface area contributed by atoms with E-state index < -0.39 is 10.5 Å². The zero-order valence-corrected chi connectivity index (χ0v) is 11.3. The van der Waals surface area contributed by atoms with Gasteiger partial charge in [0.2, 0.25) is 0 Å². The topological polar surface area (TPSA) is 75.4 Å². The molecular formula is C15H16N2O3. The van der Waals surface area contributed by atoms with Crippen molar-refractivity contribution in [3.05, 3.63) is 64.2 Å². The van der Waals surface area contributed by atoms with Gasteiger partial charge in [-0.1, -0.05) is 30.3 Å². The van der Waals surface area contributed by atoms with Gasteiger partial charge in [0.05, 0.1) is 10.5 Å². The van der Waals surface area contributed by atoms with Gasteiger partial charge >= 0.3 is 0 Å². The maximum absolute atomic E-state index is 11.0. The van der Waals surface area contributed by atoms with Crippen molar-refractivity contribution in [2.45, 2.75) is 19.4 Å². The first-order chi connectivity index (χ1) is 9.39. The molecule has 0 saturated heterocycles. The summed E-state index contributed by atoms with van der Waals surface area (Å²) < 4.78 is 0. The van der Waals surface area contributed by atoms with Gasteiger partial charge in [0.15, 0.2) is 0 Å². The highest BCUT2D eigenvalue weighted by Crippen LogP contribution is 2.32. The molecule has 2 N–H and O–H groups in total. The summed E-state index contributed by atoms with van der Waals surface area (Å²) in [7, 11) is 0. The van der Waals surface area contributed by atoms with Crippen molar-refractivity contribution in [2.24, 2.45) is 0 Å². The van der Waals surface area contributed by atoms with Crippen molar-refractivity contribution in [1.29, 1.82) is 0 Å². The van der Waals surface area contributed by atoms with Gasteiger partial charge in [0, 0.05) is 17.3 Å². The quantitative estimate of drug-likeness (QED) is 0.659. The van der Waals surface area contributed by atoms with Crippen molar-refractivity contribution < 1.29 is 10.0 Å². The number of aliphatic hydroxyl groups is 1. The van der Waals surface area contributed by atoms with Gasteiger partial charge in [-0.3, -0.25) is 10.1 Å². The van der Waals surface area contributed by atoms with Crippen LogP contribution < -0.4 is 5.32 Å². The number of para-hydroxylation sites is 3. The van der Waals surface area contributed by atoms with Crippen LogP contribution >= 0.6 is 0 Å². The summed E-state index contributed by atoms with van der Waals surface area (Å²) >= 11 is 0. The van der Waals surface area contributed by atoms with Crippen molar-refractivity contribution in [1.82, 2.24) is 0 Å². The molecule has 0 atom stereocenters. The summed E-state index contributed by atoms with van der Waals surface area (Å²) in [6.45, 7) is 3.35. The van der Waals surface area contributed by atoms with E-state index in [0.717, 1.165) is 0 Å². The molecule has 0 aliphatic rings. The molecule has 20 heavy (non-hydrogen) atoms. The van der Waals surface area contributed by atoms with E-state index >= 15 is 0 Å². The second-order valence-electron chi connectivity index (χ2n) is 5.00. The number of nitrogens with one attached hydrogen (secondary N) is 1. The Bertz CT molecular complexity index is 633. The lowest BCUT2D eigenvalue weighted by atomic mass is 9.96. The van der Waals surface area contributed by atoms with E-state index in [-0.39, 0.29) is 5.69 Å². The number of hydrogen-bond donors (Lipinski definition) is 2. The van der Waals surface area contributed by atoms with Crippen molar-refractivity contribution in [3.8, 4) is 0 Å². The fraction of sp³-hybridized carbons (Fsp3) is 0.200. The van der Waals surface area contributed by atoms with Gasteiger partial charge in [-0.2, -0.15) is 0 Å². The standard InChI is InChI=1S/C15H16N2O3/c1-15(2,18)11-7-3-4-8-12(11)16-13-9-5-6-10-14(13)17(19)20/h3-10,16,18H,1-2H3. The zero-order chi connectivity index (χ0) is 14.8. The summed E-state index contributed by atoms with van der Waals surface area (Å²) in [4.78, 5) is 10.6. The smallest absolute Gasteiger partial charge is 0.292 e. The molecule has 0 radical (unpaired) electrons. The van der Waals surface area contributed by atoms with Gasteiger partial charge in [-0.05, 0) is 26.0 Å². The van der Waals surface area contributed by atoms with Crippen LogP contribution in [0.4, 0.5) is 17.1 Å². The number of hydrogen-bond acceptors (Lipinski definition) is 4. The molecule has 0 fully saturated rings. The molecule has 2 aromatic rings. The highest BCUT2D eigenvalue weighted by atomic mass is 16.6. The van der Waals surface area contributed by atoms with E-state index in [1.807, 2.05) is 12.1 Å². The first-order valence-electron chi connectivity index (χ1n) is 6.22. The zero-order valence-electron chi connectivity index (χ0n) is 11.3. The third-order valence-electron chi connectivity index (χ3n) is 2.96. The second-order valence-corrected chi connectivity index (χ2v) is 5.00. The maximum Gasteiger partial charge on any atom is 0.292 e. The molecule has 5 nitrogen and oxygen atoms in total. The predicted octanol–water partition coefficient (Wildman–Crippen LogP) is 3.57. The normalized spacial score (nSPS) is 11.2. The lowest BCUT2D eigenvalue weighted by Crippen LogP contribution is -2.17. The van der Waals surface area contributed by atoms with Crippen LogP contribution in [0.5, 0.6) is 0 Å². The molecule has 0 heterocycles. The number of anilines is 2. The lowest BCUT2D eigenvalue weighted by Gasteiger charge is -2.22. The van der Waals surface area contributed by atoms with E-state index in [1.54, 1.807) is 44.2 Å². The Kier molecular flexibility index (Phi) is 3.72. The summed E-state index contributed by atoms with van der Waals surface area (Å²) in [6, 6.07) is 13.6. The number of benzene rings is 2. The number of rotatable bonds is 4. The minimum atomic E-state index is -1.03. The minimum absolute atomic E-state index is 0.00181. The molecule has 0 bridgehead atoms. The molecule has 0 aliphatic carbocycles. The molecule has 0 unspecified atom stereocenters. The average molecular weight is 272 g/mol. The number of nitro benzene ring substituents is 1. The number of nitrogens with zero attached hydrogens (tertiary/aromatic N) is 1. The first kappa shape index (κ1) is 14.0. The van der Waals surface area contributed by atoms with E-state index in [4.69, 9.17) is 0 Å². The third kappa shape index (κ3) is 2.95. The van der Waals surface area contributed by atoms with Crippen LogP contribution in [0.3, 0.4) is 0 Å². The highest BCUT2D eigenvalue weighted by molar-refractivity contribution is 5.71. The van der Waals surface area contributed by atoms with Gasteiger partial charge in [0.1, 0.15) is 5.69 Å². The fourth-order valence-corrected chi connectivity index (χ4v) is 2.01. The molecule has 5 heteroatoms. The predicted molar refractivity (Wildman–Crippen MR) is 78.1 cm³/mol. The Morgan fingerprint density at radius 3 is 2.20 bits per heavy atom. The summed E-state index contributed by atoms with van der Waals surface area (Å²) in [5.74, 6) is 0. The van der Waals surface area contributed by atoms with Crippen LogP contribution in [0.15, 0.2) is 48.5 Å². The van der Waals surface area contributed by atoms with Gasteiger partial charge in [-0.25, -0.2) is 0 Å². The summed E-state index contributed by atoms with van der Waals surface area (Å²) in [5.41, 5.74) is 0.687. The van der Waals surface area contributed by atoms with Crippen LogP contribution in [0.25, 0.3) is 0 Å². The van der Waals surface area contributed by atoms with E-state index in [9.17, 15) is 15.2 Å². The monoisotopic (exact) mass is 272 g/mol. The Morgan fingerprint density at radius 2 is 1.60 bits per heavy atom. The van der Waals surface area contributed by atoms with Crippen molar-refractivity contribution in [2.75, 3.05) is 5.32 Å². The van der Waals surface area contributed by atoms with E-state index in [0.29, 0.717) is 16.9 Å². The molecule has 0 amide bonds. The highest BCUT2D eigenvalue weighted by Gasteiger charge is 2.21. The molecule has 2 aromatic carbocycles. The van der Waals surface area contributed by atoms with Crippen LogP contribution in [0.2, 0.25) is 0 Å². The molecule has 0 aromatic heterocycles. The van der Waals surface area contributed by atoms with E-state index in [2.05, 4.69) is 5.32 Å². The summed E-state index contributed by atoms with van der Waals surface area (Å²) in [5, 5.41) is 24.2. The Morgan fingerprint density at radius 1 is 1.05 bits per heavy atom. The molecule has 2 rings (SSSR count). The minimum Gasteiger partial charge on any atom is -0.386 e. The van der Waals surface area contributed by atoms with Crippen LogP contribution in [0, 0.1) is 10.1 Å². The SMILES string of the molecule is CC(C)(O)c1ccccc1Nc1ccccc1[N+](=O)[O-]. The van der Waals surface area contributed by atoms with Gasteiger partial charge in [0.25, 0.3) is 5.69 Å². The molecule has 104 valence electrons. The third-order valence-corrected chi connectivity index (χ3v) is 2.96. The fourth-order valence-electron chi connectivity index (χ4n) is 2.01. The Labute approximate surface area is 117 Å². The Balaban J connectivity index is 2.44. The molecule has 0 spiro atoms. The molecule has 0 aliphatic heterocycles. The maximum atomic E-state index is 11.0. The molecule has 0 saturated carbocycles. The van der Waals surface area contributed by atoms with Gasteiger partial charge in [-0.15, -0.1) is 0 Å².